The normalized spacial score (nSPS) is 15.6. The first kappa shape index (κ1) is 22.5. The van der Waals surface area contributed by atoms with Crippen molar-refractivity contribution in [3.8, 4) is 28.5 Å². The molecule has 2 N–H and O–H groups in total. The van der Waals surface area contributed by atoms with Crippen molar-refractivity contribution in [2.24, 2.45) is 0 Å². The van der Waals surface area contributed by atoms with Gasteiger partial charge in [-0.05, 0) is 67.4 Å². The number of aryl methyl sites for hydroxylation is 1. The van der Waals surface area contributed by atoms with E-state index in [1.165, 1.54) is 16.7 Å². The third kappa shape index (κ3) is 3.43. The number of ketones is 1. The molecule has 3 aromatic carbocycles. The van der Waals surface area contributed by atoms with E-state index >= 15 is 8.78 Å². The van der Waals surface area contributed by atoms with E-state index in [1.807, 2.05) is 0 Å². The van der Waals surface area contributed by atoms with Crippen LogP contribution >= 0.6 is 0 Å². The summed E-state index contributed by atoms with van der Waals surface area (Å²) in [6.45, 7) is 4.10. The van der Waals surface area contributed by atoms with Crippen LogP contribution in [0, 0.1) is 29.9 Å². The van der Waals surface area contributed by atoms with Crippen LogP contribution < -0.4 is 5.32 Å². The minimum Gasteiger partial charge on any atom is -0.305 e. The Hall–Kier alpha value is -3.93. The Bertz CT molecular complexity index is 1630. The van der Waals surface area contributed by atoms with Crippen molar-refractivity contribution in [1.82, 2.24) is 20.4 Å². The van der Waals surface area contributed by atoms with E-state index in [9.17, 15) is 10.1 Å². The highest BCUT2D eigenvalue weighted by molar-refractivity contribution is 6.01. The number of hydrogen-bond donors (Lipinski definition) is 2. The van der Waals surface area contributed by atoms with E-state index in [1.54, 1.807) is 12.1 Å². The zero-order valence-electron chi connectivity index (χ0n) is 19.9. The number of hydrogen-bond acceptors (Lipinski definition) is 5. The van der Waals surface area contributed by atoms with Crippen molar-refractivity contribution in [3.63, 3.8) is 0 Å². The Morgan fingerprint density at radius 3 is 2.72 bits per heavy atom. The summed E-state index contributed by atoms with van der Waals surface area (Å²) in [5.74, 6) is -2.05. The Balaban J connectivity index is 1.56. The van der Waals surface area contributed by atoms with Crippen molar-refractivity contribution in [2.75, 3.05) is 20.1 Å². The number of likely N-dealkylation sites (N-methyl/N-ethyl adjacent to an activating group) is 1. The van der Waals surface area contributed by atoms with Gasteiger partial charge in [-0.1, -0.05) is 0 Å². The van der Waals surface area contributed by atoms with Gasteiger partial charge in [0.25, 0.3) is 0 Å². The molecule has 0 radical (unpaired) electrons. The second kappa shape index (κ2) is 8.33. The molecule has 0 unspecified atom stereocenters. The first-order valence-electron chi connectivity index (χ1n) is 11.8. The molecule has 180 valence electrons. The maximum Gasteiger partial charge on any atom is 0.177 e. The van der Waals surface area contributed by atoms with Gasteiger partial charge < -0.3 is 10.2 Å². The highest BCUT2D eigenvalue weighted by Gasteiger charge is 2.28. The number of halogens is 2. The molecule has 6 rings (SSSR count). The first-order chi connectivity index (χ1) is 17.4. The van der Waals surface area contributed by atoms with Crippen LogP contribution in [0.3, 0.4) is 0 Å². The molecule has 2 aliphatic heterocycles. The molecule has 3 heterocycles. The smallest absolute Gasteiger partial charge is 0.177 e. The number of rotatable bonds is 2. The molecular formula is C28H23F2N5O. The number of Topliss-reactive ketones (excluding diaryl/α,β-unsaturated/α-hetero) is 1. The number of carbonyl (C=O) groups excluding carboxylic acids is 1. The van der Waals surface area contributed by atoms with Crippen LogP contribution in [0.4, 0.5) is 8.78 Å². The van der Waals surface area contributed by atoms with Crippen LogP contribution in [0.1, 0.15) is 38.2 Å². The summed E-state index contributed by atoms with van der Waals surface area (Å²) in [7, 11) is 2.09. The van der Waals surface area contributed by atoms with Crippen molar-refractivity contribution in [2.45, 2.75) is 26.4 Å². The van der Waals surface area contributed by atoms with Crippen LogP contribution in [0.25, 0.3) is 33.3 Å². The SMILES string of the molecule is Cc1cc(-c2n[nH]c3cc(C#N)c(-c4c(F)cc5c(c4F)CNCC5=O)cc23)cc2c1CCN(C)C2. The van der Waals surface area contributed by atoms with Gasteiger partial charge in [0.1, 0.15) is 11.6 Å². The lowest BCUT2D eigenvalue weighted by atomic mass is 9.89. The number of nitrogens with one attached hydrogen (secondary N) is 2. The summed E-state index contributed by atoms with van der Waals surface area (Å²) in [5.41, 5.74) is 6.07. The highest BCUT2D eigenvalue weighted by Crippen LogP contribution is 2.38. The van der Waals surface area contributed by atoms with Crippen LogP contribution in [0.5, 0.6) is 0 Å². The molecule has 0 saturated carbocycles. The molecular weight excluding hydrogens is 460 g/mol. The molecule has 0 aliphatic carbocycles. The monoisotopic (exact) mass is 483 g/mol. The van der Waals surface area contributed by atoms with Gasteiger partial charge in [0.15, 0.2) is 5.78 Å². The fourth-order valence-corrected chi connectivity index (χ4v) is 5.51. The first-order valence-corrected chi connectivity index (χ1v) is 11.8. The fraction of sp³-hybridized carbons (Fsp3) is 0.250. The van der Waals surface area contributed by atoms with Crippen LogP contribution in [-0.4, -0.2) is 41.0 Å². The number of H-pyrrole nitrogens is 1. The Kier molecular flexibility index (Phi) is 5.21. The minimum atomic E-state index is -0.866. The highest BCUT2D eigenvalue weighted by atomic mass is 19.1. The average Bonchev–Trinajstić information content (AvgIpc) is 3.27. The predicted molar refractivity (Wildman–Crippen MR) is 132 cm³/mol. The molecule has 0 spiro atoms. The second-order valence-electron chi connectivity index (χ2n) is 9.65. The van der Waals surface area contributed by atoms with Gasteiger partial charge in [-0.25, -0.2) is 8.78 Å². The van der Waals surface area contributed by atoms with Gasteiger partial charge in [0, 0.05) is 47.3 Å². The molecule has 36 heavy (non-hydrogen) atoms. The molecule has 0 fully saturated rings. The van der Waals surface area contributed by atoms with E-state index in [-0.39, 0.29) is 46.7 Å². The third-order valence-corrected chi connectivity index (χ3v) is 7.32. The van der Waals surface area contributed by atoms with E-state index in [0.717, 1.165) is 31.1 Å². The molecule has 0 saturated heterocycles. The third-order valence-electron chi connectivity index (χ3n) is 7.32. The maximum absolute atomic E-state index is 15.6. The maximum atomic E-state index is 15.6. The number of nitrogens with zero attached hydrogens (tertiary/aromatic N) is 3. The van der Waals surface area contributed by atoms with Gasteiger partial charge >= 0.3 is 0 Å². The van der Waals surface area contributed by atoms with Gasteiger partial charge in [-0.2, -0.15) is 10.4 Å². The lowest BCUT2D eigenvalue weighted by Crippen LogP contribution is -2.31. The number of carbonyl (C=O) groups is 1. The summed E-state index contributed by atoms with van der Waals surface area (Å²) < 4.78 is 30.9. The van der Waals surface area contributed by atoms with Crippen LogP contribution in [0.2, 0.25) is 0 Å². The Labute approximate surface area is 206 Å². The van der Waals surface area contributed by atoms with E-state index in [4.69, 9.17) is 0 Å². The number of aromatic amines is 1. The van der Waals surface area contributed by atoms with Crippen molar-refractivity contribution in [3.05, 3.63) is 75.3 Å². The standard InChI is InChI=1S/C28H23F2N5O/c1-14-5-15(6-17-13-35(2)4-3-18(14)17)28-21-8-19(16(10-31)7-24(21)33-34-28)26-23(29)9-20-22(27(26)30)11-32-12-25(20)36/h5-9,32H,3-4,11-13H2,1-2H3,(H,33,34). The van der Waals surface area contributed by atoms with Gasteiger partial charge in [-0.15, -0.1) is 0 Å². The average molecular weight is 484 g/mol. The van der Waals surface area contributed by atoms with Gasteiger partial charge in [0.2, 0.25) is 0 Å². The molecule has 2 aliphatic rings. The molecule has 0 bridgehead atoms. The van der Waals surface area contributed by atoms with Crippen molar-refractivity contribution >= 4 is 16.7 Å². The molecule has 1 aromatic heterocycles. The van der Waals surface area contributed by atoms with Gasteiger partial charge in [-0.3, -0.25) is 9.89 Å². The molecule has 0 amide bonds. The fourth-order valence-electron chi connectivity index (χ4n) is 5.51. The van der Waals surface area contributed by atoms with Crippen LogP contribution in [-0.2, 0) is 19.5 Å². The Morgan fingerprint density at radius 1 is 1.08 bits per heavy atom. The quantitative estimate of drug-likeness (QED) is 0.434. The van der Waals surface area contributed by atoms with Crippen LogP contribution in [0.15, 0.2) is 30.3 Å². The molecule has 8 heteroatoms. The molecule has 6 nitrogen and oxygen atoms in total. The largest absolute Gasteiger partial charge is 0.305 e. The molecule has 0 atom stereocenters. The summed E-state index contributed by atoms with van der Waals surface area (Å²) in [5, 5.41) is 20.8. The van der Waals surface area contributed by atoms with E-state index < -0.39 is 11.6 Å². The summed E-state index contributed by atoms with van der Waals surface area (Å²) in [6, 6.07) is 10.6. The minimum absolute atomic E-state index is 0.0367. The second-order valence-corrected chi connectivity index (χ2v) is 9.65. The van der Waals surface area contributed by atoms with E-state index in [2.05, 4.69) is 52.6 Å². The predicted octanol–water partition coefficient (Wildman–Crippen LogP) is 4.63. The number of aromatic nitrogens is 2. The molecule has 4 aromatic rings. The van der Waals surface area contributed by atoms with Crippen molar-refractivity contribution < 1.29 is 13.6 Å². The number of fused-ring (bicyclic) bond motifs is 3. The van der Waals surface area contributed by atoms with E-state index in [0.29, 0.717) is 16.6 Å². The summed E-state index contributed by atoms with van der Waals surface area (Å²) >= 11 is 0. The zero-order chi connectivity index (χ0) is 25.1. The number of nitriles is 1. The topological polar surface area (TPSA) is 84.8 Å². The lowest BCUT2D eigenvalue weighted by Gasteiger charge is -2.26. The number of benzene rings is 3. The zero-order valence-corrected chi connectivity index (χ0v) is 19.9. The Morgan fingerprint density at radius 2 is 1.92 bits per heavy atom. The van der Waals surface area contributed by atoms with Gasteiger partial charge in [0.05, 0.1) is 35.0 Å². The lowest BCUT2D eigenvalue weighted by molar-refractivity contribution is 0.0980. The van der Waals surface area contributed by atoms with Crippen molar-refractivity contribution in [1.29, 1.82) is 5.26 Å². The summed E-state index contributed by atoms with van der Waals surface area (Å²) in [6.07, 6.45) is 0.989. The summed E-state index contributed by atoms with van der Waals surface area (Å²) in [4.78, 5) is 14.5.